The van der Waals surface area contributed by atoms with Gasteiger partial charge in [-0.1, -0.05) is 212 Å². The first-order valence-corrected chi connectivity index (χ1v) is 24.7. The number of anilines is 3. The minimum absolute atomic E-state index is 1.09. The summed E-state index contributed by atoms with van der Waals surface area (Å²) in [5.41, 5.74) is 20.8. The van der Waals surface area contributed by atoms with Gasteiger partial charge in [0.05, 0.1) is 16.7 Å². The van der Waals surface area contributed by atoms with Gasteiger partial charge in [0.2, 0.25) is 0 Å². The molecule has 0 unspecified atom stereocenters. The number of hydrogen-bond acceptors (Lipinski definition) is 1. The lowest BCUT2D eigenvalue weighted by Crippen LogP contribution is -2.11. The van der Waals surface area contributed by atoms with E-state index in [4.69, 9.17) is 0 Å². The highest BCUT2D eigenvalue weighted by Crippen LogP contribution is 2.45. The van der Waals surface area contributed by atoms with E-state index < -0.39 is 0 Å². The van der Waals surface area contributed by atoms with Crippen LogP contribution in [0.2, 0.25) is 0 Å². The third-order valence-corrected chi connectivity index (χ3v) is 14.1. The number of para-hydroxylation sites is 3. The highest BCUT2D eigenvalue weighted by Gasteiger charge is 2.21. The van der Waals surface area contributed by atoms with Gasteiger partial charge in [-0.25, -0.2) is 0 Å². The molecular formula is C70H48N2. The Bertz CT molecular complexity index is 4020. The quantitative estimate of drug-likeness (QED) is 0.133. The second kappa shape index (κ2) is 18.4. The molecule has 12 aromatic carbocycles. The van der Waals surface area contributed by atoms with Crippen molar-refractivity contribution < 1.29 is 0 Å². The molecule has 1 aromatic heterocycles. The molecule has 0 N–H and O–H groups in total. The Morgan fingerprint density at radius 3 is 1.43 bits per heavy atom. The van der Waals surface area contributed by atoms with Gasteiger partial charge in [0.15, 0.2) is 0 Å². The Balaban J connectivity index is 0.999. The molecule has 0 radical (unpaired) electrons. The molecule has 0 aliphatic heterocycles. The fraction of sp³-hybridized carbons (Fsp3) is 0. The van der Waals surface area contributed by atoms with Crippen molar-refractivity contribution in [3.8, 4) is 72.4 Å². The van der Waals surface area contributed by atoms with Gasteiger partial charge >= 0.3 is 0 Å². The molecule has 13 rings (SSSR count). The minimum Gasteiger partial charge on any atom is -0.310 e. The van der Waals surface area contributed by atoms with Crippen molar-refractivity contribution in [1.29, 1.82) is 0 Å². The summed E-state index contributed by atoms with van der Waals surface area (Å²) in [4.78, 5) is 2.43. The molecule has 0 aliphatic carbocycles. The highest BCUT2D eigenvalue weighted by molar-refractivity contribution is 6.11. The number of hydrogen-bond donors (Lipinski definition) is 0. The maximum atomic E-state index is 2.47. The number of fused-ring (bicyclic) bond motifs is 4. The number of nitrogens with zero attached hydrogens (tertiary/aromatic N) is 2. The van der Waals surface area contributed by atoms with E-state index >= 15 is 0 Å². The van der Waals surface area contributed by atoms with E-state index in [0.29, 0.717) is 0 Å². The normalized spacial score (nSPS) is 11.3. The van der Waals surface area contributed by atoms with Crippen LogP contribution in [-0.4, -0.2) is 4.57 Å². The van der Waals surface area contributed by atoms with E-state index in [1.807, 2.05) is 0 Å². The number of rotatable bonds is 10. The summed E-state index contributed by atoms with van der Waals surface area (Å²) >= 11 is 0. The first kappa shape index (κ1) is 42.6. The third-order valence-electron chi connectivity index (χ3n) is 14.1. The zero-order valence-corrected chi connectivity index (χ0v) is 39.6. The third kappa shape index (κ3) is 7.92. The molecule has 13 aromatic rings. The zero-order chi connectivity index (χ0) is 47.8. The summed E-state index contributed by atoms with van der Waals surface area (Å²) in [6.45, 7) is 0. The topological polar surface area (TPSA) is 8.17 Å². The molecule has 0 saturated carbocycles. The highest BCUT2D eigenvalue weighted by atomic mass is 15.1. The van der Waals surface area contributed by atoms with Crippen molar-refractivity contribution in [1.82, 2.24) is 4.57 Å². The first-order chi connectivity index (χ1) is 35.7. The van der Waals surface area contributed by atoms with E-state index in [1.54, 1.807) is 0 Å². The van der Waals surface area contributed by atoms with Crippen molar-refractivity contribution >= 4 is 49.6 Å². The van der Waals surface area contributed by atoms with Gasteiger partial charge in [-0.2, -0.15) is 0 Å². The summed E-state index contributed by atoms with van der Waals surface area (Å²) in [6, 6.07) is 106. The van der Waals surface area contributed by atoms with Crippen molar-refractivity contribution in [2.75, 3.05) is 4.90 Å². The predicted molar refractivity (Wildman–Crippen MR) is 306 cm³/mol. The van der Waals surface area contributed by atoms with Crippen LogP contribution in [0.15, 0.2) is 291 Å². The van der Waals surface area contributed by atoms with Crippen LogP contribution in [0.5, 0.6) is 0 Å². The van der Waals surface area contributed by atoms with Gasteiger partial charge in [0.1, 0.15) is 0 Å². The zero-order valence-electron chi connectivity index (χ0n) is 39.6. The van der Waals surface area contributed by atoms with Gasteiger partial charge in [-0.3, -0.25) is 0 Å². The van der Waals surface area contributed by atoms with Crippen LogP contribution in [0, 0.1) is 0 Å². The van der Waals surface area contributed by atoms with Crippen LogP contribution < -0.4 is 4.90 Å². The van der Waals surface area contributed by atoms with Gasteiger partial charge < -0.3 is 9.47 Å². The SMILES string of the molecule is c1ccc(-c2cccc(-c3cc(-c4cccc5ccccc45)cc(-n4c5ccccc5c5cc(-c6ccccc6N(c6ccccc6)c6cc(-c7ccccc7)cc(-c7ccccc7)c6)ccc54)c3)c2)cc1. The lowest BCUT2D eigenvalue weighted by molar-refractivity contribution is 1.18. The van der Waals surface area contributed by atoms with Gasteiger partial charge in [0, 0.05) is 33.4 Å². The second-order valence-corrected chi connectivity index (χ2v) is 18.5. The maximum Gasteiger partial charge on any atom is 0.0541 e. The van der Waals surface area contributed by atoms with Crippen molar-refractivity contribution in [3.63, 3.8) is 0 Å². The van der Waals surface area contributed by atoms with E-state index in [1.165, 1.54) is 60.5 Å². The Morgan fingerprint density at radius 2 is 0.708 bits per heavy atom. The molecule has 0 bridgehead atoms. The Labute approximate surface area is 420 Å². The molecule has 2 nitrogen and oxygen atoms in total. The molecule has 0 spiro atoms. The summed E-state index contributed by atoms with van der Waals surface area (Å²) in [6.07, 6.45) is 0. The van der Waals surface area contributed by atoms with Gasteiger partial charge in [0.25, 0.3) is 0 Å². The Hall–Kier alpha value is -9.50. The van der Waals surface area contributed by atoms with E-state index in [-0.39, 0.29) is 0 Å². The van der Waals surface area contributed by atoms with E-state index in [0.717, 1.165) is 61.6 Å². The lowest BCUT2D eigenvalue weighted by atomic mass is 9.93. The molecular weight excluding hydrogens is 869 g/mol. The van der Waals surface area contributed by atoms with Crippen molar-refractivity contribution in [2.45, 2.75) is 0 Å². The van der Waals surface area contributed by atoms with Crippen LogP contribution in [0.3, 0.4) is 0 Å². The first-order valence-electron chi connectivity index (χ1n) is 24.7. The minimum atomic E-state index is 1.09. The summed E-state index contributed by atoms with van der Waals surface area (Å²) in [5.74, 6) is 0. The van der Waals surface area contributed by atoms with Crippen LogP contribution in [0.25, 0.3) is 105 Å². The van der Waals surface area contributed by atoms with Crippen LogP contribution in [0.4, 0.5) is 17.1 Å². The van der Waals surface area contributed by atoms with Gasteiger partial charge in [-0.15, -0.1) is 0 Å². The largest absolute Gasteiger partial charge is 0.310 e. The fourth-order valence-corrected chi connectivity index (χ4v) is 10.7. The summed E-state index contributed by atoms with van der Waals surface area (Å²) < 4.78 is 2.47. The fourth-order valence-electron chi connectivity index (χ4n) is 10.7. The second-order valence-electron chi connectivity index (χ2n) is 18.5. The molecule has 338 valence electrons. The predicted octanol–water partition coefficient (Wildman–Crippen LogP) is 19.4. The average molecular weight is 917 g/mol. The molecule has 0 aliphatic rings. The lowest BCUT2D eigenvalue weighted by Gasteiger charge is -2.29. The van der Waals surface area contributed by atoms with Crippen molar-refractivity contribution in [3.05, 3.63) is 291 Å². The van der Waals surface area contributed by atoms with E-state index in [2.05, 4.69) is 301 Å². The Morgan fingerprint density at radius 1 is 0.236 bits per heavy atom. The smallest absolute Gasteiger partial charge is 0.0541 e. The molecule has 2 heteroatoms. The molecule has 1 heterocycles. The van der Waals surface area contributed by atoms with Crippen LogP contribution in [-0.2, 0) is 0 Å². The van der Waals surface area contributed by atoms with Crippen molar-refractivity contribution in [2.24, 2.45) is 0 Å². The monoisotopic (exact) mass is 916 g/mol. The summed E-state index contributed by atoms with van der Waals surface area (Å²) in [5, 5.41) is 4.87. The molecule has 0 fully saturated rings. The number of benzene rings is 12. The van der Waals surface area contributed by atoms with Gasteiger partial charge in [-0.05, 0) is 151 Å². The van der Waals surface area contributed by atoms with Crippen LogP contribution in [0.1, 0.15) is 0 Å². The number of aromatic nitrogens is 1. The molecule has 72 heavy (non-hydrogen) atoms. The molecule has 0 atom stereocenters. The standard InChI is InChI=1S/C70H48N2/c1-5-21-49(22-6-1)53-29-19-30-54(41-53)58-43-59(64-36-20-28-52-27-13-14-33-63(52)64)47-62(46-58)72-69-38-18-16-35-66(69)67-48-55(39-40-70(67)72)65-34-15-17-37-68(65)71(60-31-11-4-12-32-60)61-44-56(50-23-7-2-8-24-50)42-57(45-61)51-25-9-3-10-26-51/h1-48H. The maximum absolute atomic E-state index is 2.47. The molecule has 0 saturated heterocycles. The molecule has 0 amide bonds. The Kier molecular flexibility index (Phi) is 10.9. The van der Waals surface area contributed by atoms with Crippen LogP contribution >= 0.6 is 0 Å². The summed E-state index contributed by atoms with van der Waals surface area (Å²) in [7, 11) is 0. The van der Waals surface area contributed by atoms with E-state index in [9.17, 15) is 0 Å². The average Bonchev–Trinajstić information content (AvgIpc) is 3.80.